The summed E-state index contributed by atoms with van der Waals surface area (Å²) in [5.74, 6) is 1.01. The molecule has 19 heavy (non-hydrogen) atoms. The molecule has 1 amide bonds. The predicted molar refractivity (Wildman–Crippen MR) is 77.4 cm³/mol. The Balaban J connectivity index is 1.76. The minimum atomic E-state index is 0.236. The number of fused-ring (bicyclic) bond motifs is 1. The third kappa shape index (κ3) is 2.68. The zero-order valence-corrected chi connectivity index (χ0v) is 11.8. The van der Waals surface area contributed by atoms with Crippen LogP contribution in [0.2, 0.25) is 0 Å². The molecule has 1 fully saturated rings. The largest absolute Gasteiger partial charge is 0.339 e. The predicted octanol–water partition coefficient (Wildman–Crippen LogP) is 3.44. The number of carbonyl (C=O) groups excluding carboxylic acids is 1. The molecule has 0 unspecified atom stereocenters. The highest BCUT2D eigenvalue weighted by molar-refractivity contribution is 5.94. The quantitative estimate of drug-likeness (QED) is 0.754. The second kappa shape index (κ2) is 5.36. The number of rotatable bonds is 1. The molecule has 0 N–H and O–H groups in total. The summed E-state index contributed by atoms with van der Waals surface area (Å²) in [4.78, 5) is 14.6. The van der Waals surface area contributed by atoms with Crippen LogP contribution in [-0.2, 0) is 12.8 Å². The van der Waals surface area contributed by atoms with Crippen molar-refractivity contribution in [2.24, 2.45) is 5.92 Å². The lowest BCUT2D eigenvalue weighted by atomic mass is 9.90. The third-order valence-electron chi connectivity index (χ3n) is 4.67. The molecular formula is C17H23NO. The number of hydrogen-bond acceptors (Lipinski definition) is 1. The standard InChI is InChI=1S/C17H23NO/c1-13-8-10-18(11-9-13)17(19)16-7-6-14-4-2-3-5-15(14)12-16/h6-7,12-13H,2-5,8-11H2,1H3. The second-order valence-electron chi connectivity index (χ2n) is 6.17. The SMILES string of the molecule is CC1CCN(C(=O)c2ccc3c(c2)CCCC3)CC1. The molecule has 1 aromatic carbocycles. The summed E-state index contributed by atoms with van der Waals surface area (Å²) in [6.45, 7) is 4.13. The normalized spacial score (nSPS) is 20.2. The van der Waals surface area contributed by atoms with Gasteiger partial charge in [-0.05, 0) is 67.7 Å². The van der Waals surface area contributed by atoms with Gasteiger partial charge in [-0.25, -0.2) is 0 Å². The van der Waals surface area contributed by atoms with Crippen LogP contribution >= 0.6 is 0 Å². The van der Waals surface area contributed by atoms with Crippen molar-refractivity contribution in [1.29, 1.82) is 0 Å². The molecular weight excluding hydrogens is 234 g/mol. The molecule has 0 aromatic heterocycles. The first-order valence-electron chi connectivity index (χ1n) is 7.65. The van der Waals surface area contributed by atoms with Crippen molar-refractivity contribution in [3.63, 3.8) is 0 Å². The van der Waals surface area contributed by atoms with E-state index in [2.05, 4.69) is 19.1 Å². The van der Waals surface area contributed by atoms with E-state index in [1.165, 1.54) is 30.4 Å². The van der Waals surface area contributed by atoms with Gasteiger partial charge in [-0.1, -0.05) is 13.0 Å². The molecule has 1 aromatic rings. The molecule has 0 bridgehead atoms. The number of carbonyl (C=O) groups is 1. The highest BCUT2D eigenvalue weighted by Gasteiger charge is 2.22. The number of nitrogens with zero attached hydrogens (tertiary/aromatic N) is 1. The number of hydrogen-bond donors (Lipinski definition) is 0. The van der Waals surface area contributed by atoms with Crippen LogP contribution in [0.1, 0.15) is 54.1 Å². The van der Waals surface area contributed by atoms with E-state index >= 15 is 0 Å². The Morgan fingerprint density at radius 1 is 1.11 bits per heavy atom. The highest BCUT2D eigenvalue weighted by atomic mass is 16.2. The van der Waals surface area contributed by atoms with Gasteiger partial charge in [-0.2, -0.15) is 0 Å². The van der Waals surface area contributed by atoms with E-state index in [1.54, 1.807) is 0 Å². The topological polar surface area (TPSA) is 20.3 Å². The number of benzene rings is 1. The van der Waals surface area contributed by atoms with Crippen LogP contribution < -0.4 is 0 Å². The zero-order chi connectivity index (χ0) is 13.2. The lowest BCUT2D eigenvalue weighted by Gasteiger charge is -2.30. The van der Waals surface area contributed by atoms with Crippen molar-refractivity contribution >= 4 is 5.91 Å². The molecule has 1 aliphatic carbocycles. The molecule has 102 valence electrons. The Labute approximate surface area is 115 Å². The summed E-state index contributed by atoms with van der Waals surface area (Å²) in [6, 6.07) is 6.35. The summed E-state index contributed by atoms with van der Waals surface area (Å²) < 4.78 is 0. The van der Waals surface area contributed by atoms with Gasteiger partial charge >= 0.3 is 0 Å². The molecule has 0 spiro atoms. The first-order valence-corrected chi connectivity index (χ1v) is 7.65. The Morgan fingerprint density at radius 2 is 1.79 bits per heavy atom. The molecule has 0 atom stereocenters. The van der Waals surface area contributed by atoms with E-state index in [1.807, 2.05) is 11.0 Å². The van der Waals surface area contributed by atoms with Crippen molar-refractivity contribution in [1.82, 2.24) is 4.90 Å². The molecule has 1 saturated heterocycles. The van der Waals surface area contributed by atoms with Gasteiger partial charge in [-0.3, -0.25) is 4.79 Å². The maximum absolute atomic E-state index is 12.5. The van der Waals surface area contributed by atoms with E-state index in [9.17, 15) is 4.79 Å². The van der Waals surface area contributed by atoms with Gasteiger partial charge in [0.05, 0.1) is 0 Å². The van der Waals surface area contributed by atoms with Crippen LogP contribution in [0.4, 0.5) is 0 Å². The average Bonchev–Trinajstić information content (AvgIpc) is 2.47. The van der Waals surface area contributed by atoms with Crippen LogP contribution in [0.25, 0.3) is 0 Å². The van der Waals surface area contributed by atoms with Crippen LogP contribution in [0.5, 0.6) is 0 Å². The summed E-state index contributed by atoms with van der Waals surface area (Å²) >= 11 is 0. The van der Waals surface area contributed by atoms with Gasteiger partial charge in [0.15, 0.2) is 0 Å². The van der Waals surface area contributed by atoms with Gasteiger partial charge in [0.25, 0.3) is 5.91 Å². The van der Waals surface area contributed by atoms with Crippen molar-refractivity contribution in [3.8, 4) is 0 Å². The molecule has 1 aliphatic heterocycles. The van der Waals surface area contributed by atoms with E-state index in [-0.39, 0.29) is 5.91 Å². The summed E-state index contributed by atoms with van der Waals surface area (Å²) in [5.41, 5.74) is 3.76. The molecule has 0 saturated carbocycles. The van der Waals surface area contributed by atoms with Gasteiger partial charge in [0, 0.05) is 18.7 Å². The molecule has 2 aliphatic rings. The third-order valence-corrected chi connectivity index (χ3v) is 4.67. The van der Waals surface area contributed by atoms with Crippen molar-refractivity contribution < 1.29 is 4.79 Å². The van der Waals surface area contributed by atoms with E-state index in [4.69, 9.17) is 0 Å². The number of aryl methyl sites for hydroxylation is 2. The van der Waals surface area contributed by atoms with Gasteiger partial charge in [0.2, 0.25) is 0 Å². The molecule has 1 heterocycles. The van der Waals surface area contributed by atoms with Crippen LogP contribution in [-0.4, -0.2) is 23.9 Å². The lowest BCUT2D eigenvalue weighted by Crippen LogP contribution is -2.38. The first-order chi connectivity index (χ1) is 9.24. The molecule has 2 nitrogen and oxygen atoms in total. The fourth-order valence-corrected chi connectivity index (χ4v) is 3.26. The van der Waals surface area contributed by atoms with E-state index in [0.717, 1.165) is 43.8 Å². The zero-order valence-electron chi connectivity index (χ0n) is 11.8. The molecule has 0 radical (unpaired) electrons. The van der Waals surface area contributed by atoms with Crippen molar-refractivity contribution in [2.75, 3.05) is 13.1 Å². The maximum Gasteiger partial charge on any atom is 0.253 e. The van der Waals surface area contributed by atoms with Gasteiger partial charge in [-0.15, -0.1) is 0 Å². The first kappa shape index (κ1) is 12.7. The Kier molecular flexibility index (Phi) is 3.58. The fraction of sp³-hybridized carbons (Fsp3) is 0.588. The lowest BCUT2D eigenvalue weighted by molar-refractivity contribution is 0.0697. The summed E-state index contributed by atoms with van der Waals surface area (Å²) in [5, 5.41) is 0. The van der Waals surface area contributed by atoms with Gasteiger partial charge in [0.1, 0.15) is 0 Å². The molecule has 3 rings (SSSR count). The smallest absolute Gasteiger partial charge is 0.253 e. The monoisotopic (exact) mass is 257 g/mol. The Morgan fingerprint density at radius 3 is 2.53 bits per heavy atom. The maximum atomic E-state index is 12.5. The number of likely N-dealkylation sites (tertiary alicyclic amines) is 1. The van der Waals surface area contributed by atoms with Crippen LogP contribution in [0.15, 0.2) is 18.2 Å². The average molecular weight is 257 g/mol. The number of amides is 1. The Bertz CT molecular complexity index is 472. The fourth-order valence-electron chi connectivity index (χ4n) is 3.26. The summed E-state index contributed by atoms with van der Waals surface area (Å²) in [6.07, 6.45) is 7.20. The van der Waals surface area contributed by atoms with E-state index in [0.29, 0.717) is 0 Å². The van der Waals surface area contributed by atoms with Crippen LogP contribution in [0.3, 0.4) is 0 Å². The van der Waals surface area contributed by atoms with Crippen molar-refractivity contribution in [2.45, 2.75) is 45.4 Å². The highest BCUT2D eigenvalue weighted by Crippen LogP contribution is 2.24. The van der Waals surface area contributed by atoms with Crippen molar-refractivity contribution in [3.05, 3.63) is 34.9 Å². The minimum Gasteiger partial charge on any atom is -0.339 e. The van der Waals surface area contributed by atoms with Crippen LogP contribution in [0, 0.1) is 5.92 Å². The van der Waals surface area contributed by atoms with E-state index < -0.39 is 0 Å². The minimum absolute atomic E-state index is 0.236. The van der Waals surface area contributed by atoms with Gasteiger partial charge < -0.3 is 4.90 Å². The molecule has 2 heteroatoms. The summed E-state index contributed by atoms with van der Waals surface area (Å²) in [7, 11) is 0. The Hall–Kier alpha value is -1.31. The second-order valence-corrected chi connectivity index (χ2v) is 6.17. The number of piperidine rings is 1.